The van der Waals surface area contributed by atoms with Crippen LogP contribution < -0.4 is 0 Å². The van der Waals surface area contributed by atoms with Crippen molar-refractivity contribution in [1.29, 1.82) is 0 Å². The lowest BCUT2D eigenvalue weighted by molar-refractivity contribution is 0.391. The highest BCUT2D eigenvalue weighted by atomic mass is 32.2. The van der Waals surface area contributed by atoms with E-state index in [4.69, 9.17) is 4.52 Å². The van der Waals surface area contributed by atoms with Gasteiger partial charge in [-0.05, 0) is 22.6 Å². The van der Waals surface area contributed by atoms with Gasteiger partial charge in [-0.2, -0.15) is 9.67 Å². The van der Waals surface area contributed by atoms with Gasteiger partial charge in [0.05, 0.1) is 5.75 Å². The largest absolute Gasteiger partial charge is 0.338 e. The average Bonchev–Trinajstić information content (AvgIpc) is 3.30. The molecular weight excluding hydrogens is 343 g/mol. The van der Waals surface area contributed by atoms with Crippen LogP contribution >= 0.6 is 11.8 Å². The van der Waals surface area contributed by atoms with Gasteiger partial charge in [-0.25, -0.2) is 4.39 Å². The van der Waals surface area contributed by atoms with Crippen molar-refractivity contribution in [2.24, 2.45) is 0 Å². The number of hydrogen-bond acceptors (Lipinski definition) is 7. The zero-order chi connectivity index (χ0) is 17.1. The molecule has 0 aliphatic heterocycles. The summed E-state index contributed by atoms with van der Waals surface area (Å²) in [5, 5.41) is 15.8. The highest BCUT2D eigenvalue weighted by Crippen LogP contribution is 2.24. The number of aromatic nitrogens is 6. The van der Waals surface area contributed by atoms with Gasteiger partial charge in [0.1, 0.15) is 11.5 Å². The molecule has 0 amide bonds. The molecule has 4 rings (SSSR count). The quantitative estimate of drug-likeness (QED) is 0.509. The third-order valence-corrected chi connectivity index (χ3v) is 4.25. The van der Waals surface area contributed by atoms with Gasteiger partial charge < -0.3 is 4.52 Å². The fraction of sp³-hybridized carbons (Fsp3) is 0.0625. The smallest absolute Gasteiger partial charge is 0.237 e. The molecule has 9 heteroatoms. The van der Waals surface area contributed by atoms with Crippen molar-refractivity contribution in [3.8, 4) is 17.1 Å². The van der Waals surface area contributed by atoms with Gasteiger partial charge in [0.25, 0.3) is 0 Å². The van der Waals surface area contributed by atoms with E-state index in [1.807, 2.05) is 30.3 Å². The van der Waals surface area contributed by atoms with Crippen LogP contribution in [0, 0.1) is 5.82 Å². The maximum absolute atomic E-state index is 13.9. The van der Waals surface area contributed by atoms with E-state index in [-0.39, 0.29) is 5.69 Å². The van der Waals surface area contributed by atoms with Crippen molar-refractivity contribution in [2.75, 3.05) is 0 Å². The normalized spacial score (nSPS) is 10.9. The zero-order valence-electron chi connectivity index (χ0n) is 12.8. The second-order valence-electron chi connectivity index (χ2n) is 4.99. The lowest BCUT2D eigenvalue weighted by Crippen LogP contribution is -2.01. The van der Waals surface area contributed by atoms with Gasteiger partial charge in [-0.3, -0.25) is 0 Å². The van der Waals surface area contributed by atoms with Crippen molar-refractivity contribution in [3.05, 3.63) is 66.3 Å². The van der Waals surface area contributed by atoms with Crippen LogP contribution in [0.3, 0.4) is 0 Å². The summed E-state index contributed by atoms with van der Waals surface area (Å²) in [6.45, 7) is 0. The van der Waals surface area contributed by atoms with Crippen molar-refractivity contribution in [2.45, 2.75) is 10.9 Å². The molecule has 0 aliphatic carbocycles. The molecule has 0 fully saturated rings. The summed E-state index contributed by atoms with van der Waals surface area (Å²) in [5.74, 6) is 0.923. The molecule has 7 nitrogen and oxygen atoms in total. The average molecular weight is 354 g/mol. The Morgan fingerprint density at radius 2 is 1.84 bits per heavy atom. The first kappa shape index (κ1) is 15.5. The molecule has 2 aromatic carbocycles. The predicted molar refractivity (Wildman–Crippen MR) is 88.4 cm³/mol. The summed E-state index contributed by atoms with van der Waals surface area (Å²) in [5.41, 5.74) is 1.16. The number of nitrogens with zero attached hydrogens (tertiary/aromatic N) is 6. The minimum atomic E-state index is -0.402. The molecule has 124 valence electrons. The summed E-state index contributed by atoms with van der Waals surface area (Å²) in [6, 6.07) is 15.8. The molecule has 2 heterocycles. The molecule has 0 radical (unpaired) electrons. The standard InChI is InChI=1S/C16H11FN6OS/c17-12-8-4-5-9-13(12)23-16(19-21-22-23)25-10-14-18-15(20-24-14)11-6-2-1-3-7-11/h1-9H,10H2. The summed E-state index contributed by atoms with van der Waals surface area (Å²) in [4.78, 5) is 4.35. The highest BCUT2D eigenvalue weighted by Gasteiger charge is 2.15. The van der Waals surface area contributed by atoms with Crippen LogP contribution in [0.25, 0.3) is 17.1 Å². The first-order chi connectivity index (χ1) is 12.3. The Bertz CT molecular complexity index is 987. The number of thioether (sulfide) groups is 1. The monoisotopic (exact) mass is 354 g/mol. The summed E-state index contributed by atoms with van der Waals surface area (Å²) >= 11 is 1.28. The first-order valence-electron chi connectivity index (χ1n) is 7.35. The fourth-order valence-corrected chi connectivity index (χ4v) is 2.91. The molecule has 2 aromatic heterocycles. The number of benzene rings is 2. The molecule has 0 bridgehead atoms. The Kier molecular flexibility index (Phi) is 4.21. The predicted octanol–water partition coefficient (Wildman–Crippen LogP) is 3.14. The maximum Gasteiger partial charge on any atom is 0.237 e. The number of para-hydroxylation sites is 1. The Hall–Kier alpha value is -3.07. The van der Waals surface area contributed by atoms with Crippen LogP contribution in [0.4, 0.5) is 4.39 Å². The van der Waals surface area contributed by atoms with Gasteiger partial charge in [-0.1, -0.05) is 59.4 Å². The number of tetrazole rings is 1. The van der Waals surface area contributed by atoms with Crippen LogP contribution in [0.1, 0.15) is 5.89 Å². The Labute approximate surface area is 145 Å². The van der Waals surface area contributed by atoms with E-state index in [2.05, 4.69) is 25.7 Å². The molecule has 0 saturated carbocycles. The van der Waals surface area contributed by atoms with Crippen LogP contribution in [-0.4, -0.2) is 30.3 Å². The summed E-state index contributed by atoms with van der Waals surface area (Å²) in [7, 11) is 0. The molecule has 4 aromatic rings. The first-order valence-corrected chi connectivity index (χ1v) is 8.34. The molecule has 0 atom stereocenters. The van der Waals surface area contributed by atoms with E-state index in [0.29, 0.717) is 22.6 Å². The van der Waals surface area contributed by atoms with E-state index in [1.165, 1.54) is 22.5 Å². The minimum Gasteiger partial charge on any atom is -0.338 e. The molecule has 0 saturated heterocycles. The molecule has 0 spiro atoms. The topological polar surface area (TPSA) is 82.5 Å². The third-order valence-electron chi connectivity index (χ3n) is 3.35. The second kappa shape index (κ2) is 6.81. The van der Waals surface area contributed by atoms with E-state index in [1.54, 1.807) is 18.2 Å². The Balaban J connectivity index is 1.51. The van der Waals surface area contributed by atoms with Crippen LogP contribution in [0.2, 0.25) is 0 Å². The van der Waals surface area contributed by atoms with Crippen molar-refractivity contribution >= 4 is 11.8 Å². The molecular formula is C16H11FN6OS. The lowest BCUT2D eigenvalue weighted by Gasteiger charge is -2.03. The highest BCUT2D eigenvalue weighted by molar-refractivity contribution is 7.98. The van der Waals surface area contributed by atoms with Gasteiger partial charge in [0.15, 0.2) is 0 Å². The van der Waals surface area contributed by atoms with E-state index < -0.39 is 5.82 Å². The Morgan fingerprint density at radius 3 is 2.68 bits per heavy atom. The maximum atomic E-state index is 13.9. The van der Waals surface area contributed by atoms with Crippen LogP contribution in [0.5, 0.6) is 0 Å². The summed E-state index contributed by atoms with van der Waals surface area (Å²) < 4.78 is 20.5. The van der Waals surface area contributed by atoms with Crippen LogP contribution in [-0.2, 0) is 5.75 Å². The lowest BCUT2D eigenvalue weighted by atomic mass is 10.2. The van der Waals surface area contributed by atoms with Crippen molar-refractivity contribution in [3.63, 3.8) is 0 Å². The SMILES string of the molecule is Fc1ccccc1-n1nnnc1SCc1nc(-c2ccccc2)no1. The number of hydrogen-bond donors (Lipinski definition) is 0. The zero-order valence-corrected chi connectivity index (χ0v) is 13.6. The second-order valence-corrected chi connectivity index (χ2v) is 5.93. The van der Waals surface area contributed by atoms with E-state index >= 15 is 0 Å². The number of halogens is 1. The minimum absolute atomic E-state index is 0.283. The van der Waals surface area contributed by atoms with Gasteiger partial charge in [0, 0.05) is 5.56 Å². The van der Waals surface area contributed by atoms with E-state index in [9.17, 15) is 4.39 Å². The van der Waals surface area contributed by atoms with Gasteiger partial charge in [-0.15, -0.1) is 5.10 Å². The van der Waals surface area contributed by atoms with E-state index in [0.717, 1.165) is 5.56 Å². The Morgan fingerprint density at radius 1 is 1.04 bits per heavy atom. The molecule has 0 unspecified atom stereocenters. The van der Waals surface area contributed by atoms with Crippen molar-refractivity contribution in [1.82, 2.24) is 30.3 Å². The molecule has 25 heavy (non-hydrogen) atoms. The van der Waals surface area contributed by atoms with Crippen LogP contribution in [0.15, 0.2) is 64.3 Å². The van der Waals surface area contributed by atoms with Gasteiger partial charge >= 0.3 is 0 Å². The third kappa shape index (κ3) is 3.26. The fourth-order valence-electron chi connectivity index (χ4n) is 2.19. The number of rotatable bonds is 5. The van der Waals surface area contributed by atoms with Gasteiger partial charge in [0.2, 0.25) is 16.9 Å². The van der Waals surface area contributed by atoms with Crippen molar-refractivity contribution < 1.29 is 8.91 Å². The summed E-state index contributed by atoms with van der Waals surface area (Å²) in [6.07, 6.45) is 0. The molecule has 0 N–H and O–H groups in total. The molecule has 0 aliphatic rings.